The van der Waals surface area contributed by atoms with Crippen LogP contribution < -0.4 is 0 Å². The highest BCUT2D eigenvalue weighted by Gasteiger charge is 2.30. The molecule has 1 heterocycles. The summed E-state index contributed by atoms with van der Waals surface area (Å²) in [6.07, 6.45) is 7.92. The number of hydrogen-bond acceptors (Lipinski definition) is 3. The molecule has 0 saturated carbocycles. The van der Waals surface area contributed by atoms with E-state index >= 15 is 0 Å². The lowest BCUT2D eigenvalue weighted by atomic mass is 9.73. The quantitative estimate of drug-likeness (QED) is 0.637. The van der Waals surface area contributed by atoms with Crippen molar-refractivity contribution in [3.8, 4) is 22.6 Å². The third-order valence-electron chi connectivity index (χ3n) is 5.45. The van der Waals surface area contributed by atoms with E-state index in [0.717, 1.165) is 36.1 Å². The third-order valence-corrected chi connectivity index (χ3v) is 5.45. The summed E-state index contributed by atoms with van der Waals surface area (Å²) in [7, 11) is 0. The van der Waals surface area contributed by atoms with Crippen LogP contribution in [-0.4, -0.2) is 20.0 Å². The molecule has 2 N–H and O–H groups in total. The fraction of sp³-hybridized carbons (Fsp3) is 0.458. The normalized spacial score (nSPS) is 20.1. The summed E-state index contributed by atoms with van der Waals surface area (Å²) in [4.78, 5) is 0. The molecule has 2 atom stereocenters. The van der Waals surface area contributed by atoms with Gasteiger partial charge in [-0.1, -0.05) is 44.6 Å². The number of nitrogens with zero attached hydrogens (tertiary/aromatic N) is 2. The van der Waals surface area contributed by atoms with Gasteiger partial charge in [-0.05, 0) is 55.7 Å². The van der Waals surface area contributed by atoms with Crippen LogP contribution in [0.25, 0.3) is 11.1 Å². The average molecular weight is 381 g/mol. The van der Waals surface area contributed by atoms with E-state index in [1.54, 1.807) is 18.3 Å². The smallest absolute Gasteiger partial charge is 0.123 e. The van der Waals surface area contributed by atoms with Crippen molar-refractivity contribution in [2.45, 2.75) is 59.9 Å². The zero-order valence-electron chi connectivity index (χ0n) is 17.7. The van der Waals surface area contributed by atoms with Crippen LogP contribution in [0.3, 0.4) is 0 Å². The minimum Gasteiger partial charge on any atom is -0.507 e. The molecule has 0 bridgehead atoms. The number of rotatable bonds is 4. The first-order valence-electron chi connectivity index (χ1n) is 9.96. The number of phenolic OH excluding ortho intramolecular Hbond substituents is 2. The lowest BCUT2D eigenvalue weighted by molar-refractivity contribution is 0.325. The van der Waals surface area contributed by atoms with E-state index in [4.69, 9.17) is 0 Å². The Labute approximate surface area is 168 Å². The molecule has 1 aliphatic rings. The van der Waals surface area contributed by atoms with Crippen molar-refractivity contribution in [2.24, 2.45) is 11.3 Å². The maximum atomic E-state index is 10.8. The third kappa shape index (κ3) is 4.32. The first kappa shape index (κ1) is 20.2. The summed E-state index contributed by atoms with van der Waals surface area (Å²) in [6.45, 7) is 15.6. The number of aromatic hydroxyl groups is 2. The van der Waals surface area contributed by atoms with Crippen LogP contribution in [0.5, 0.6) is 11.5 Å². The van der Waals surface area contributed by atoms with E-state index < -0.39 is 0 Å². The zero-order chi connectivity index (χ0) is 20.6. The summed E-state index contributed by atoms with van der Waals surface area (Å²) in [5.74, 6) is 0.423. The fourth-order valence-corrected chi connectivity index (χ4v) is 4.12. The lowest BCUT2D eigenvalue weighted by Gasteiger charge is -2.31. The highest BCUT2D eigenvalue weighted by Crippen LogP contribution is 2.47. The molecule has 4 heteroatoms. The van der Waals surface area contributed by atoms with Gasteiger partial charge in [-0.2, -0.15) is 5.10 Å². The van der Waals surface area contributed by atoms with E-state index in [9.17, 15) is 10.2 Å². The van der Waals surface area contributed by atoms with Gasteiger partial charge in [0.25, 0.3) is 0 Å². The van der Waals surface area contributed by atoms with Gasteiger partial charge in [0, 0.05) is 29.8 Å². The summed E-state index contributed by atoms with van der Waals surface area (Å²) < 4.78 is 1.90. The average Bonchev–Trinajstić information content (AvgIpc) is 3.00. The van der Waals surface area contributed by atoms with Crippen LogP contribution in [0.1, 0.15) is 58.9 Å². The van der Waals surface area contributed by atoms with Crippen LogP contribution in [0.4, 0.5) is 0 Å². The Morgan fingerprint density at radius 1 is 1.21 bits per heavy atom. The van der Waals surface area contributed by atoms with Gasteiger partial charge in [0.2, 0.25) is 0 Å². The maximum Gasteiger partial charge on any atom is 0.123 e. The van der Waals surface area contributed by atoms with Crippen molar-refractivity contribution in [3.63, 3.8) is 0 Å². The molecule has 4 nitrogen and oxygen atoms in total. The molecule has 2 aromatic rings. The van der Waals surface area contributed by atoms with Crippen LogP contribution in [0.15, 0.2) is 48.3 Å². The predicted molar refractivity (Wildman–Crippen MR) is 114 cm³/mol. The summed E-state index contributed by atoms with van der Waals surface area (Å²) in [5, 5.41) is 26.1. The van der Waals surface area contributed by atoms with Crippen LogP contribution >= 0.6 is 0 Å². The van der Waals surface area contributed by atoms with E-state index in [2.05, 4.69) is 45.4 Å². The second kappa shape index (κ2) is 7.50. The SMILES string of the molecule is C=C(C)[C@@H]1CCC(C)=C[C@H]1c1c(O)cc(-c2cnn(CC(C)(C)C)c2)cc1O. The van der Waals surface area contributed by atoms with Gasteiger partial charge in [0.1, 0.15) is 11.5 Å². The predicted octanol–water partition coefficient (Wildman–Crippen LogP) is 6.02. The van der Waals surface area contributed by atoms with Gasteiger partial charge in [-0.15, -0.1) is 0 Å². The number of allylic oxidation sites excluding steroid dienone is 3. The summed E-state index contributed by atoms with van der Waals surface area (Å²) >= 11 is 0. The highest BCUT2D eigenvalue weighted by molar-refractivity contribution is 5.68. The molecule has 0 aliphatic heterocycles. The second-order valence-electron chi connectivity index (χ2n) is 9.45. The van der Waals surface area contributed by atoms with Crippen molar-refractivity contribution in [2.75, 3.05) is 0 Å². The Balaban J connectivity index is 1.97. The maximum absolute atomic E-state index is 10.8. The molecule has 3 rings (SSSR count). The van der Waals surface area contributed by atoms with Crippen LogP contribution in [0.2, 0.25) is 0 Å². The molecule has 0 radical (unpaired) electrons. The van der Waals surface area contributed by atoms with Crippen molar-refractivity contribution in [3.05, 3.63) is 53.9 Å². The van der Waals surface area contributed by atoms with Gasteiger partial charge in [0.15, 0.2) is 0 Å². The van der Waals surface area contributed by atoms with Gasteiger partial charge >= 0.3 is 0 Å². The lowest BCUT2D eigenvalue weighted by Crippen LogP contribution is -2.17. The van der Waals surface area contributed by atoms with Gasteiger partial charge in [-0.25, -0.2) is 0 Å². The molecule has 28 heavy (non-hydrogen) atoms. The molecule has 150 valence electrons. The van der Waals surface area contributed by atoms with Crippen LogP contribution in [-0.2, 0) is 6.54 Å². The molecule has 1 aliphatic carbocycles. The molecule has 1 aromatic heterocycles. The van der Waals surface area contributed by atoms with Crippen molar-refractivity contribution in [1.82, 2.24) is 9.78 Å². The second-order valence-corrected chi connectivity index (χ2v) is 9.45. The number of phenols is 2. The molecule has 0 fully saturated rings. The Hall–Kier alpha value is -2.49. The molecule has 0 unspecified atom stereocenters. The Morgan fingerprint density at radius 3 is 2.43 bits per heavy atom. The van der Waals surface area contributed by atoms with Gasteiger partial charge in [0.05, 0.1) is 6.20 Å². The first-order valence-corrected chi connectivity index (χ1v) is 9.96. The number of benzene rings is 1. The topological polar surface area (TPSA) is 58.3 Å². The number of aromatic nitrogens is 2. The summed E-state index contributed by atoms with van der Waals surface area (Å²) in [5.41, 5.74) is 4.74. The van der Waals surface area contributed by atoms with Gasteiger partial charge in [-0.3, -0.25) is 4.68 Å². The molecule has 0 amide bonds. The van der Waals surface area contributed by atoms with Crippen molar-refractivity contribution in [1.29, 1.82) is 0 Å². The largest absolute Gasteiger partial charge is 0.507 e. The molecule has 1 aromatic carbocycles. The molecular weight excluding hydrogens is 348 g/mol. The minimum absolute atomic E-state index is 0.0519. The van der Waals surface area contributed by atoms with E-state index in [1.165, 1.54) is 5.57 Å². The van der Waals surface area contributed by atoms with E-state index in [-0.39, 0.29) is 28.7 Å². The Morgan fingerprint density at radius 2 is 1.86 bits per heavy atom. The van der Waals surface area contributed by atoms with Crippen molar-refractivity contribution < 1.29 is 10.2 Å². The zero-order valence-corrected chi connectivity index (χ0v) is 17.7. The van der Waals surface area contributed by atoms with Crippen LogP contribution in [0, 0.1) is 11.3 Å². The molecular formula is C24H32N2O2. The van der Waals surface area contributed by atoms with Crippen molar-refractivity contribution >= 4 is 0 Å². The van der Waals surface area contributed by atoms with Gasteiger partial charge < -0.3 is 10.2 Å². The number of hydrogen-bond donors (Lipinski definition) is 2. The first-order chi connectivity index (χ1) is 13.0. The molecule has 0 saturated heterocycles. The minimum atomic E-state index is -0.0519. The standard InChI is InChI=1S/C24H32N2O2/c1-15(2)19-8-7-16(3)9-20(19)23-21(27)10-17(11-22(23)28)18-12-25-26(13-18)14-24(4,5)6/h9-13,19-20,27-28H,1,7-8,14H2,2-6H3/t19-,20+/m0/s1. The Kier molecular flexibility index (Phi) is 5.42. The van der Waals surface area contributed by atoms with E-state index in [0.29, 0.717) is 5.56 Å². The molecule has 0 spiro atoms. The summed E-state index contributed by atoms with van der Waals surface area (Å²) in [6, 6.07) is 3.47. The van der Waals surface area contributed by atoms with E-state index in [1.807, 2.05) is 17.8 Å². The monoisotopic (exact) mass is 380 g/mol. The highest BCUT2D eigenvalue weighted by atomic mass is 16.3. The Bertz CT molecular complexity index is 892. The fourth-order valence-electron chi connectivity index (χ4n) is 4.12.